The lowest BCUT2D eigenvalue weighted by Gasteiger charge is -2.28. The van der Waals surface area contributed by atoms with Gasteiger partial charge in [-0.3, -0.25) is 9.59 Å². The number of carbonyl (C=O) groups excluding carboxylic acids is 2. The van der Waals surface area contributed by atoms with E-state index in [-0.39, 0.29) is 24.7 Å². The van der Waals surface area contributed by atoms with Crippen molar-refractivity contribution in [2.24, 2.45) is 0 Å². The molecule has 3 aromatic rings. The third-order valence-corrected chi connectivity index (χ3v) is 5.80. The van der Waals surface area contributed by atoms with E-state index in [1.165, 1.54) is 19.3 Å². The Morgan fingerprint density at radius 1 is 1.00 bits per heavy atom. The van der Waals surface area contributed by atoms with Crippen molar-refractivity contribution in [3.05, 3.63) is 53.5 Å². The molecule has 0 atom stereocenters. The number of fused-ring (bicyclic) bond motifs is 1. The summed E-state index contributed by atoms with van der Waals surface area (Å²) in [4.78, 5) is 31.6. The molecule has 1 aromatic carbocycles. The molecule has 0 unspecified atom stereocenters. The van der Waals surface area contributed by atoms with E-state index in [0.717, 1.165) is 41.1 Å². The lowest BCUT2D eigenvalue weighted by molar-refractivity contribution is -0.124. The number of aryl methyl sites for hydroxylation is 2. The molecule has 3 heterocycles. The zero-order chi connectivity index (χ0) is 22.5. The van der Waals surface area contributed by atoms with Crippen molar-refractivity contribution < 1.29 is 14.0 Å². The molecule has 2 N–H and O–H groups in total. The number of nitrogens with one attached hydrogen (secondary N) is 2. The monoisotopic (exact) mass is 434 g/mol. The Kier molecular flexibility index (Phi) is 6.73. The molecule has 2 aromatic heterocycles. The van der Waals surface area contributed by atoms with Crippen LogP contribution in [0, 0.1) is 13.8 Å². The molecule has 0 aliphatic carbocycles. The smallest absolute Gasteiger partial charge is 0.224 e. The zero-order valence-corrected chi connectivity index (χ0v) is 18.7. The van der Waals surface area contributed by atoms with Crippen LogP contribution < -0.4 is 15.5 Å². The van der Waals surface area contributed by atoms with Gasteiger partial charge in [-0.15, -0.1) is 0 Å². The largest absolute Gasteiger partial charge is 0.465 e. The van der Waals surface area contributed by atoms with Gasteiger partial charge in [-0.25, -0.2) is 4.98 Å². The number of hydrogen-bond donors (Lipinski definition) is 2. The van der Waals surface area contributed by atoms with Crippen molar-refractivity contribution in [3.8, 4) is 0 Å². The zero-order valence-electron chi connectivity index (χ0n) is 18.7. The van der Waals surface area contributed by atoms with Crippen LogP contribution in [0.2, 0.25) is 0 Å². The minimum absolute atomic E-state index is 0.117. The maximum Gasteiger partial charge on any atom is 0.224 e. The highest BCUT2D eigenvalue weighted by Crippen LogP contribution is 2.27. The molecule has 4 rings (SSSR count). The summed E-state index contributed by atoms with van der Waals surface area (Å²) < 4.78 is 5.42. The molecule has 7 nitrogen and oxygen atoms in total. The van der Waals surface area contributed by atoms with Gasteiger partial charge in [0.1, 0.15) is 17.3 Å². The molecule has 0 saturated carbocycles. The molecular formula is C25H30N4O3. The van der Waals surface area contributed by atoms with Crippen LogP contribution in [-0.2, 0) is 16.1 Å². The number of aromatic nitrogens is 1. The summed E-state index contributed by atoms with van der Waals surface area (Å²) in [5, 5.41) is 6.69. The van der Waals surface area contributed by atoms with E-state index in [0.29, 0.717) is 18.0 Å². The van der Waals surface area contributed by atoms with Crippen LogP contribution in [0.15, 0.2) is 40.8 Å². The van der Waals surface area contributed by atoms with Gasteiger partial charge in [0.15, 0.2) is 0 Å². The highest BCUT2D eigenvalue weighted by Gasteiger charge is 2.14. The van der Waals surface area contributed by atoms with Gasteiger partial charge in [0.25, 0.3) is 0 Å². The number of rotatable bonds is 7. The summed E-state index contributed by atoms with van der Waals surface area (Å²) in [5.74, 6) is 2.16. The number of benzene rings is 1. The van der Waals surface area contributed by atoms with E-state index >= 15 is 0 Å². The third kappa shape index (κ3) is 5.46. The average molecular weight is 435 g/mol. The molecule has 1 saturated heterocycles. The Morgan fingerprint density at radius 2 is 1.78 bits per heavy atom. The minimum atomic E-state index is -0.191. The van der Waals surface area contributed by atoms with Crippen molar-refractivity contribution >= 4 is 34.2 Å². The van der Waals surface area contributed by atoms with Crippen molar-refractivity contribution in [2.45, 2.75) is 52.5 Å². The highest BCUT2D eigenvalue weighted by atomic mass is 16.3. The molecule has 1 aliphatic rings. The highest BCUT2D eigenvalue weighted by molar-refractivity contribution is 5.96. The number of nitrogens with zero attached hydrogens (tertiary/aromatic N) is 2. The minimum Gasteiger partial charge on any atom is -0.465 e. The molecule has 1 fully saturated rings. The first-order valence-electron chi connectivity index (χ1n) is 11.3. The Morgan fingerprint density at radius 3 is 2.53 bits per heavy atom. The molecular weight excluding hydrogens is 404 g/mol. The summed E-state index contributed by atoms with van der Waals surface area (Å²) in [7, 11) is 0. The number of pyridine rings is 1. The number of hydrogen-bond acceptors (Lipinski definition) is 5. The topological polar surface area (TPSA) is 87.5 Å². The van der Waals surface area contributed by atoms with E-state index in [9.17, 15) is 9.59 Å². The first-order valence-corrected chi connectivity index (χ1v) is 11.3. The third-order valence-electron chi connectivity index (χ3n) is 5.80. The fourth-order valence-corrected chi connectivity index (χ4v) is 4.04. The van der Waals surface area contributed by atoms with Crippen LogP contribution in [0.1, 0.15) is 49.2 Å². The maximum atomic E-state index is 12.3. The molecule has 32 heavy (non-hydrogen) atoms. The van der Waals surface area contributed by atoms with Crippen LogP contribution in [0.3, 0.4) is 0 Å². The summed E-state index contributed by atoms with van der Waals surface area (Å²) in [6, 6.07) is 11.6. The fourth-order valence-electron chi connectivity index (χ4n) is 4.04. The average Bonchev–Trinajstić information content (AvgIpc) is 3.22. The normalized spacial score (nSPS) is 13.9. The number of piperidine rings is 1. The predicted octanol–water partition coefficient (Wildman–Crippen LogP) is 4.47. The standard InChI is InChI=1S/C25H30N4O3/c1-17-14-23(29-12-4-3-5-13-29)28-22-9-7-19(15-21(17)22)27-25(31)11-10-24(30)26-16-20-8-6-18(2)32-20/h6-9,14-15H,3-5,10-13,16H2,1-2H3,(H,26,30)(H,27,31). The number of furan rings is 1. The van der Waals surface area contributed by atoms with Gasteiger partial charge in [0, 0.05) is 37.0 Å². The number of carbonyl (C=O) groups is 2. The molecule has 0 spiro atoms. The van der Waals surface area contributed by atoms with Gasteiger partial charge < -0.3 is 20.0 Å². The van der Waals surface area contributed by atoms with Crippen LogP contribution in [-0.4, -0.2) is 29.9 Å². The Hall–Kier alpha value is -3.35. The number of amides is 2. The van der Waals surface area contributed by atoms with Gasteiger partial charge in [-0.1, -0.05) is 0 Å². The second kappa shape index (κ2) is 9.85. The van der Waals surface area contributed by atoms with Crippen LogP contribution in [0.4, 0.5) is 11.5 Å². The molecule has 7 heteroatoms. The van der Waals surface area contributed by atoms with Gasteiger partial charge in [-0.05, 0) is 75.1 Å². The van der Waals surface area contributed by atoms with Crippen molar-refractivity contribution in [1.29, 1.82) is 0 Å². The van der Waals surface area contributed by atoms with Gasteiger partial charge in [-0.2, -0.15) is 0 Å². The summed E-state index contributed by atoms with van der Waals surface area (Å²) in [5.41, 5.74) is 2.78. The van der Waals surface area contributed by atoms with Gasteiger partial charge >= 0.3 is 0 Å². The first kappa shape index (κ1) is 21.9. The molecule has 1 aliphatic heterocycles. The van der Waals surface area contributed by atoms with Crippen LogP contribution >= 0.6 is 0 Å². The summed E-state index contributed by atoms with van der Waals surface area (Å²) in [6.07, 6.45) is 3.96. The van der Waals surface area contributed by atoms with E-state index in [4.69, 9.17) is 9.40 Å². The quantitative estimate of drug-likeness (QED) is 0.573. The lowest BCUT2D eigenvalue weighted by atomic mass is 10.1. The molecule has 0 bridgehead atoms. The van der Waals surface area contributed by atoms with Gasteiger partial charge in [0.2, 0.25) is 11.8 Å². The van der Waals surface area contributed by atoms with E-state index < -0.39 is 0 Å². The molecule has 2 amide bonds. The van der Waals surface area contributed by atoms with Crippen molar-refractivity contribution in [2.75, 3.05) is 23.3 Å². The van der Waals surface area contributed by atoms with Crippen LogP contribution in [0.25, 0.3) is 10.9 Å². The first-order chi connectivity index (χ1) is 15.5. The Balaban J connectivity index is 1.32. The van der Waals surface area contributed by atoms with Crippen molar-refractivity contribution in [3.63, 3.8) is 0 Å². The Bertz CT molecular complexity index is 1120. The predicted molar refractivity (Wildman–Crippen MR) is 126 cm³/mol. The van der Waals surface area contributed by atoms with Crippen molar-refractivity contribution in [1.82, 2.24) is 10.3 Å². The SMILES string of the molecule is Cc1ccc(CNC(=O)CCC(=O)Nc2ccc3nc(N4CCCCC4)cc(C)c3c2)o1. The summed E-state index contributed by atoms with van der Waals surface area (Å²) in [6.45, 7) is 6.37. The number of anilines is 2. The second-order valence-electron chi connectivity index (χ2n) is 8.41. The van der Waals surface area contributed by atoms with E-state index in [2.05, 4.69) is 28.5 Å². The summed E-state index contributed by atoms with van der Waals surface area (Å²) >= 11 is 0. The Labute approximate surface area is 188 Å². The molecule has 0 radical (unpaired) electrons. The van der Waals surface area contributed by atoms with E-state index in [1.54, 1.807) is 0 Å². The van der Waals surface area contributed by atoms with Gasteiger partial charge in [0.05, 0.1) is 12.1 Å². The fraction of sp³-hybridized carbons (Fsp3) is 0.400. The second-order valence-corrected chi connectivity index (χ2v) is 8.41. The maximum absolute atomic E-state index is 12.3. The molecule has 168 valence electrons. The van der Waals surface area contributed by atoms with Crippen LogP contribution in [0.5, 0.6) is 0 Å². The lowest BCUT2D eigenvalue weighted by Crippen LogP contribution is -2.30. The van der Waals surface area contributed by atoms with E-state index in [1.807, 2.05) is 37.3 Å².